The molecule has 1 heterocycles. The molecule has 80 valence electrons. The number of fused-ring (bicyclic) bond motifs is 1. The molecule has 0 aliphatic carbocycles. The summed E-state index contributed by atoms with van der Waals surface area (Å²) in [5.74, 6) is 1.68. The Hall–Kier alpha value is -1.48. The second-order valence-electron chi connectivity index (χ2n) is 3.42. The van der Waals surface area contributed by atoms with E-state index in [1.54, 1.807) is 7.11 Å². The van der Waals surface area contributed by atoms with Crippen molar-refractivity contribution >= 4 is 11.0 Å². The van der Waals surface area contributed by atoms with Crippen molar-refractivity contribution in [2.24, 2.45) is 5.73 Å². The molecule has 0 unspecified atom stereocenters. The molecule has 0 fully saturated rings. The maximum absolute atomic E-state index is 5.68. The number of nitrogens with two attached hydrogens (primary N) is 1. The number of benzene rings is 1. The van der Waals surface area contributed by atoms with E-state index in [1.807, 2.05) is 18.2 Å². The normalized spacial score (nSPS) is 10.9. The summed E-state index contributed by atoms with van der Waals surface area (Å²) < 4.78 is 10.8. The van der Waals surface area contributed by atoms with Gasteiger partial charge in [0.2, 0.25) is 0 Å². The lowest BCUT2D eigenvalue weighted by molar-refractivity contribution is 0.414. The molecule has 1 aromatic carbocycles. The fraction of sp³-hybridized carbons (Fsp3) is 0.333. The Morgan fingerprint density at radius 1 is 1.40 bits per heavy atom. The van der Waals surface area contributed by atoms with E-state index in [0.29, 0.717) is 6.54 Å². The second kappa shape index (κ2) is 3.95. The zero-order chi connectivity index (χ0) is 10.8. The molecule has 0 aliphatic rings. The van der Waals surface area contributed by atoms with E-state index in [4.69, 9.17) is 14.9 Å². The van der Waals surface area contributed by atoms with Crippen molar-refractivity contribution < 1.29 is 9.15 Å². The summed E-state index contributed by atoms with van der Waals surface area (Å²) in [5, 5.41) is 1.14. The average molecular weight is 205 g/mol. The van der Waals surface area contributed by atoms with Gasteiger partial charge < -0.3 is 14.9 Å². The highest BCUT2D eigenvalue weighted by Crippen LogP contribution is 2.29. The molecular formula is C12H15NO2. The number of furan rings is 1. The lowest BCUT2D eigenvalue weighted by Crippen LogP contribution is -1.97. The van der Waals surface area contributed by atoms with E-state index >= 15 is 0 Å². The van der Waals surface area contributed by atoms with Gasteiger partial charge in [0.05, 0.1) is 13.7 Å². The molecule has 3 nitrogen and oxygen atoms in total. The third-order valence-electron chi connectivity index (χ3n) is 2.62. The number of hydrogen-bond donors (Lipinski definition) is 1. The van der Waals surface area contributed by atoms with Crippen LogP contribution in [0.15, 0.2) is 22.6 Å². The fourth-order valence-corrected chi connectivity index (χ4v) is 1.86. The van der Waals surface area contributed by atoms with Gasteiger partial charge in [-0.05, 0) is 18.6 Å². The molecule has 0 aliphatic heterocycles. The predicted octanol–water partition coefficient (Wildman–Crippen LogP) is 2.46. The standard InChI is InChI=1S/C12H15NO2/c1-3-9-10-5-4-8(14-2)6-11(10)15-12(9)7-13/h4-6H,3,7,13H2,1-2H3. The van der Waals surface area contributed by atoms with Gasteiger partial charge in [-0.2, -0.15) is 0 Å². The van der Waals surface area contributed by atoms with E-state index in [1.165, 1.54) is 5.56 Å². The first-order chi connectivity index (χ1) is 7.30. The first-order valence-corrected chi connectivity index (χ1v) is 5.08. The van der Waals surface area contributed by atoms with Gasteiger partial charge >= 0.3 is 0 Å². The number of ether oxygens (including phenoxy) is 1. The maximum atomic E-state index is 5.68. The largest absolute Gasteiger partial charge is 0.497 e. The third kappa shape index (κ3) is 1.59. The van der Waals surface area contributed by atoms with Crippen LogP contribution in [0.1, 0.15) is 18.2 Å². The fourth-order valence-electron chi connectivity index (χ4n) is 1.86. The highest BCUT2D eigenvalue weighted by molar-refractivity contribution is 5.83. The van der Waals surface area contributed by atoms with Gasteiger partial charge in [0, 0.05) is 17.0 Å². The summed E-state index contributed by atoms with van der Waals surface area (Å²) in [7, 11) is 1.65. The van der Waals surface area contributed by atoms with Crippen LogP contribution in [0.3, 0.4) is 0 Å². The van der Waals surface area contributed by atoms with E-state index in [2.05, 4.69) is 6.92 Å². The number of methoxy groups -OCH3 is 1. The molecule has 0 amide bonds. The summed E-state index contributed by atoms with van der Waals surface area (Å²) in [5.41, 5.74) is 7.69. The minimum atomic E-state index is 0.445. The average Bonchev–Trinajstić information content (AvgIpc) is 2.65. The molecule has 3 heteroatoms. The molecule has 2 N–H and O–H groups in total. The molecule has 2 rings (SSSR count). The molecule has 0 spiro atoms. The van der Waals surface area contributed by atoms with Crippen molar-refractivity contribution in [2.75, 3.05) is 7.11 Å². The Balaban J connectivity index is 2.65. The highest BCUT2D eigenvalue weighted by atomic mass is 16.5. The monoisotopic (exact) mass is 205 g/mol. The molecule has 2 aromatic rings. The van der Waals surface area contributed by atoms with E-state index < -0.39 is 0 Å². The van der Waals surface area contributed by atoms with Crippen LogP contribution in [-0.2, 0) is 13.0 Å². The van der Waals surface area contributed by atoms with Crippen LogP contribution in [0.4, 0.5) is 0 Å². The van der Waals surface area contributed by atoms with Crippen molar-refractivity contribution in [3.8, 4) is 5.75 Å². The third-order valence-corrected chi connectivity index (χ3v) is 2.62. The molecular weight excluding hydrogens is 190 g/mol. The van der Waals surface area contributed by atoms with Gasteiger partial charge in [-0.1, -0.05) is 6.92 Å². The van der Waals surface area contributed by atoms with Gasteiger partial charge in [-0.25, -0.2) is 0 Å². The van der Waals surface area contributed by atoms with E-state index in [-0.39, 0.29) is 0 Å². The zero-order valence-electron chi connectivity index (χ0n) is 9.04. The van der Waals surface area contributed by atoms with Crippen LogP contribution in [0.2, 0.25) is 0 Å². The Morgan fingerprint density at radius 3 is 2.80 bits per heavy atom. The summed E-state index contributed by atoms with van der Waals surface area (Å²) in [4.78, 5) is 0. The summed E-state index contributed by atoms with van der Waals surface area (Å²) in [6, 6.07) is 5.86. The lowest BCUT2D eigenvalue weighted by atomic mass is 10.1. The molecule has 0 atom stereocenters. The smallest absolute Gasteiger partial charge is 0.138 e. The zero-order valence-corrected chi connectivity index (χ0v) is 9.04. The Kier molecular flexibility index (Phi) is 2.64. The Bertz CT molecular complexity index is 474. The van der Waals surface area contributed by atoms with Crippen molar-refractivity contribution in [3.63, 3.8) is 0 Å². The Morgan fingerprint density at radius 2 is 2.20 bits per heavy atom. The Labute approximate surface area is 88.8 Å². The van der Waals surface area contributed by atoms with E-state index in [9.17, 15) is 0 Å². The number of aryl methyl sites for hydroxylation is 1. The second-order valence-corrected chi connectivity index (χ2v) is 3.42. The predicted molar refractivity (Wildman–Crippen MR) is 60.0 cm³/mol. The van der Waals surface area contributed by atoms with Crippen molar-refractivity contribution in [1.82, 2.24) is 0 Å². The minimum Gasteiger partial charge on any atom is -0.497 e. The highest BCUT2D eigenvalue weighted by Gasteiger charge is 2.11. The topological polar surface area (TPSA) is 48.4 Å². The van der Waals surface area contributed by atoms with Gasteiger partial charge in [0.25, 0.3) is 0 Å². The number of rotatable bonds is 3. The maximum Gasteiger partial charge on any atom is 0.138 e. The van der Waals surface area contributed by atoms with Gasteiger partial charge in [-0.15, -0.1) is 0 Å². The van der Waals surface area contributed by atoms with Crippen LogP contribution >= 0.6 is 0 Å². The molecule has 0 radical (unpaired) electrons. The van der Waals surface area contributed by atoms with Crippen LogP contribution in [0, 0.1) is 0 Å². The molecule has 0 saturated carbocycles. The number of hydrogen-bond acceptors (Lipinski definition) is 3. The van der Waals surface area contributed by atoms with Crippen LogP contribution in [0.25, 0.3) is 11.0 Å². The minimum absolute atomic E-state index is 0.445. The summed E-state index contributed by atoms with van der Waals surface area (Å²) >= 11 is 0. The SMILES string of the molecule is CCc1c(CN)oc2cc(OC)ccc12. The quantitative estimate of drug-likeness (QED) is 0.837. The van der Waals surface area contributed by atoms with Crippen LogP contribution < -0.4 is 10.5 Å². The lowest BCUT2D eigenvalue weighted by Gasteiger charge is -1.98. The summed E-state index contributed by atoms with van der Waals surface area (Å²) in [6.45, 7) is 2.55. The van der Waals surface area contributed by atoms with Crippen molar-refractivity contribution in [1.29, 1.82) is 0 Å². The van der Waals surface area contributed by atoms with Gasteiger partial charge in [0.1, 0.15) is 17.1 Å². The van der Waals surface area contributed by atoms with Crippen LogP contribution in [-0.4, -0.2) is 7.11 Å². The van der Waals surface area contributed by atoms with Crippen molar-refractivity contribution in [3.05, 3.63) is 29.5 Å². The molecule has 15 heavy (non-hydrogen) atoms. The molecule has 0 bridgehead atoms. The summed E-state index contributed by atoms with van der Waals surface area (Å²) in [6.07, 6.45) is 0.936. The van der Waals surface area contributed by atoms with Gasteiger partial charge in [-0.3, -0.25) is 0 Å². The van der Waals surface area contributed by atoms with E-state index in [0.717, 1.165) is 28.9 Å². The first kappa shape index (κ1) is 10.1. The molecule has 0 saturated heterocycles. The molecule has 1 aromatic heterocycles. The van der Waals surface area contributed by atoms with Crippen LogP contribution in [0.5, 0.6) is 5.75 Å². The van der Waals surface area contributed by atoms with Crippen molar-refractivity contribution in [2.45, 2.75) is 19.9 Å². The first-order valence-electron chi connectivity index (χ1n) is 5.08. The van der Waals surface area contributed by atoms with Gasteiger partial charge in [0.15, 0.2) is 0 Å².